The van der Waals surface area contributed by atoms with Gasteiger partial charge in [-0.1, -0.05) is 24.6 Å². The molecule has 0 spiro atoms. The first-order valence-corrected chi connectivity index (χ1v) is 40.0. The summed E-state index contributed by atoms with van der Waals surface area (Å²) in [4.78, 5) is 245. The van der Waals surface area contributed by atoms with Crippen LogP contribution in [0, 0.1) is 34.3 Å². The molecule has 122 heavy (non-hydrogen) atoms. The van der Waals surface area contributed by atoms with Crippen molar-refractivity contribution in [1.82, 2.24) is 64.9 Å². The van der Waals surface area contributed by atoms with Gasteiger partial charge in [0.2, 0.25) is 76.8 Å². The summed E-state index contributed by atoms with van der Waals surface area (Å²) in [5.41, 5.74) is -6.63. The summed E-state index contributed by atoms with van der Waals surface area (Å²) in [6, 6.07) is 1.14. The molecule has 1 aromatic heterocycles. The number of allylic oxidation sites excluding steroid dienone is 4. The summed E-state index contributed by atoms with van der Waals surface area (Å²) >= 11 is 1.01. The zero-order valence-corrected chi connectivity index (χ0v) is 71.2. The Labute approximate surface area is 705 Å². The van der Waals surface area contributed by atoms with Crippen LogP contribution in [-0.2, 0) is 107 Å². The number of aryl methyl sites for hydroxylation is 1. The number of rotatable bonds is 39. The van der Waals surface area contributed by atoms with E-state index in [1.165, 1.54) is 120 Å². The maximum Gasteiger partial charge on any atom is 0.323 e. The molecule has 0 unspecified atom stereocenters. The number of hydrogen-bond donors (Lipinski definition) is 5. The van der Waals surface area contributed by atoms with Crippen LogP contribution in [0.4, 0.5) is 18.9 Å². The molecule has 2 aromatic rings. The SMILES string of the molecule is C[C@H](NC(=O)CCc1ccc(N2C(=O)C=CC2=O)c(F)c1OCCCC(=O)N(C)CC(=O)N(C)CC(=O)N(C)CC(=O)N(C)CC(=O)N(C)CC(=O)N(C)CC(=O)N(C)CC(=O)N(C)CC(=O)N(C)CC(=O)N(C)CC(=O)O)C(=O)N[C@@H](C)C(=O)NCOCC(=O)[C@@]12O[C@H](c3sccc3F)O[C@@H]1C[C@H]1[C@@H]3CCC4=CC(=O)C=C[C@]4(C)[C@@]3(F)[C@@H](O)C[C@@]12C. The number of amides is 15. The van der Waals surface area contributed by atoms with Crippen LogP contribution in [0.1, 0.15) is 89.4 Å². The standard InChI is InChI=1S/C80H105F3N14O24S/c1-45(74(116)84-44-118-43-55(100)80-56(120-76(121-80)73-52(81)26-29-122-73)31-51-50-20-19-48-30-49(98)25-27-77(48,3)79(50,83)54(99)32-78(51,80)4)86-75(117)46(2)85-57(101)22-18-47-17-21-53(97-59(103)23-24-60(97)104)71(82)72(47)119-28-15-16-58(102)87(5)33-61(105)88(6)34-62(106)89(7)35-63(107)90(8)36-64(108)91(9)37-65(109)92(10)38-66(110)93(11)39-67(111)94(12)40-68(112)95(13)41-69(113)96(14)42-70(114)115/h17,21,23-27,29-30,45-46,50-51,54,56,76,99H,15-16,18-20,22,28,31-44H2,1-14H3,(H,84,116)(H,85,101)(H,86,117)(H,114,115)/t45-,46-,50-,51-,54-,56+,76+,77-,78-,79-,80+/m0/s1. The zero-order valence-electron chi connectivity index (χ0n) is 70.4. The molecule has 3 saturated carbocycles. The number of thiophene rings is 1. The van der Waals surface area contributed by atoms with Crippen molar-refractivity contribution in [2.75, 3.05) is 161 Å². The number of carboxylic acid groups (broad SMARTS) is 1. The highest BCUT2D eigenvalue weighted by atomic mass is 32.1. The number of aliphatic hydroxyl groups is 1. The van der Waals surface area contributed by atoms with Gasteiger partial charge in [0.1, 0.15) is 37.8 Å². The minimum atomic E-state index is -2.25. The Balaban J connectivity index is 0.742. The highest BCUT2D eigenvalue weighted by Gasteiger charge is 2.79. The lowest BCUT2D eigenvalue weighted by Gasteiger charge is -2.62. The van der Waals surface area contributed by atoms with Gasteiger partial charge in [-0.3, -0.25) is 86.3 Å². The van der Waals surface area contributed by atoms with Crippen molar-refractivity contribution in [3.8, 4) is 5.75 Å². The van der Waals surface area contributed by atoms with Crippen molar-refractivity contribution in [1.29, 1.82) is 0 Å². The second kappa shape index (κ2) is 40.1. The van der Waals surface area contributed by atoms with Crippen LogP contribution >= 0.6 is 11.3 Å². The molecule has 4 aliphatic carbocycles. The fraction of sp³-hybridized carbons (Fsp3) is 0.575. The molecule has 0 bridgehead atoms. The Morgan fingerprint density at radius 3 is 1.55 bits per heavy atom. The molecule has 1 aromatic carbocycles. The number of nitrogens with zero attached hydrogens (tertiary/aromatic N) is 11. The number of imide groups is 1. The highest BCUT2D eigenvalue weighted by molar-refractivity contribution is 7.10. The number of carboxylic acids is 1. The van der Waals surface area contributed by atoms with Crippen molar-refractivity contribution in [3.63, 3.8) is 0 Å². The first kappa shape index (κ1) is 96.1. The predicted molar refractivity (Wildman–Crippen MR) is 424 cm³/mol. The maximum atomic E-state index is 18.1. The molecule has 8 rings (SSSR count). The summed E-state index contributed by atoms with van der Waals surface area (Å²) in [5.74, 6) is -16.8. The first-order valence-electron chi connectivity index (χ1n) is 39.1. The number of likely N-dealkylation sites (N-methyl/N-ethyl adjacent to an activating group) is 10. The van der Waals surface area contributed by atoms with E-state index >= 15 is 13.2 Å². The molecule has 42 heteroatoms. The van der Waals surface area contributed by atoms with Crippen molar-refractivity contribution in [3.05, 3.63) is 81.6 Å². The lowest BCUT2D eigenvalue weighted by atomic mass is 9.44. The number of ether oxygens (including phenoxy) is 4. The Morgan fingerprint density at radius 1 is 0.615 bits per heavy atom. The Hall–Kier alpha value is -11.4. The molecule has 6 aliphatic rings. The van der Waals surface area contributed by atoms with E-state index in [0.29, 0.717) is 16.9 Å². The summed E-state index contributed by atoms with van der Waals surface area (Å²) < 4.78 is 74.3. The minimum absolute atomic E-state index is 0.0633. The predicted octanol–water partition coefficient (Wildman–Crippen LogP) is -1.28. The molecule has 5 N–H and O–H groups in total. The number of anilines is 1. The average Bonchev–Trinajstić information content (AvgIpc) is 1.46. The number of ketones is 2. The zero-order chi connectivity index (χ0) is 90.7. The third-order valence-corrected chi connectivity index (χ3v) is 24.3. The van der Waals surface area contributed by atoms with Crippen LogP contribution in [0.25, 0.3) is 0 Å². The fourth-order valence-corrected chi connectivity index (χ4v) is 16.7. The molecule has 3 heterocycles. The van der Waals surface area contributed by atoms with Crippen LogP contribution in [0.5, 0.6) is 5.75 Å². The lowest BCUT2D eigenvalue weighted by Crippen LogP contribution is -2.69. The number of aliphatic hydroxyl groups excluding tert-OH is 1. The van der Waals surface area contributed by atoms with E-state index in [9.17, 15) is 91.4 Å². The van der Waals surface area contributed by atoms with Gasteiger partial charge in [-0.05, 0) is 100 Å². The van der Waals surface area contributed by atoms with Crippen LogP contribution in [0.2, 0.25) is 0 Å². The number of aliphatic carboxylic acids is 1. The molecule has 666 valence electrons. The van der Waals surface area contributed by atoms with Gasteiger partial charge in [-0.25, -0.2) is 18.1 Å². The van der Waals surface area contributed by atoms with Crippen LogP contribution in [0.15, 0.2) is 59.5 Å². The smallest absolute Gasteiger partial charge is 0.323 e. The number of alkyl halides is 1. The van der Waals surface area contributed by atoms with Gasteiger partial charge in [0, 0.05) is 112 Å². The number of hydrogen-bond acceptors (Lipinski definition) is 24. The van der Waals surface area contributed by atoms with Crippen molar-refractivity contribution >= 4 is 123 Å². The topological polar surface area (TPSA) is 456 Å². The van der Waals surface area contributed by atoms with Gasteiger partial charge >= 0.3 is 5.97 Å². The molecule has 2 aliphatic heterocycles. The second-order valence-corrected chi connectivity index (χ2v) is 32.9. The Bertz CT molecular complexity index is 4560. The van der Waals surface area contributed by atoms with Crippen molar-refractivity contribution in [2.45, 2.75) is 121 Å². The normalized spacial score (nSPS) is 22.6. The quantitative estimate of drug-likeness (QED) is 0.0296. The number of fused-ring (bicyclic) bond motifs is 7. The van der Waals surface area contributed by atoms with E-state index in [2.05, 4.69) is 16.0 Å². The van der Waals surface area contributed by atoms with Gasteiger partial charge in [0.05, 0.1) is 88.3 Å². The molecule has 15 amide bonds. The lowest BCUT2D eigenvalue weighted by molar-refractivity contribution is -0.231. The second-order valence-electron chi connectivity index (χ2n) is 32.0. The third-order valence-electron chi connectivity index (χ3n) is 23.4. The summed E-state index contributed by atoms with van der Waals surface area (Å²) in [7, 11) is 12.8. The van der Waals surface area contributed by atoms with E-state index in [4.69, 9.17) is 24.1 Å². The van der Waals surface area contributed by atoms with E-state index in [0.717, 1.165) is 78.6 Å². The molecule has 4 fully saturated rings. The van der Waals surface area contributed by atoms with Crippen LogP contribution < -0.4 is 25.6 Å². The Kier molecular flexibility index (Phi) is 31.6. The number of carbonyl (C=O) groups excluding carboxylic acids is 17. The maximum absolute atomic E-state index is 18.1. The van der Waals surface area contributed by atoms with E-state index < -0.39 is 273 Å². The molecular formula is C80H105F3N14O24S. The van der Waals surface area contributed by atoms with Crippen molar-refractivity contribution in [2.24, 2.45) is 22.7 Å². The number of benzene rings is 1. The largest absolute Gasteiger partial charge is 0.490 e. The first-order chi connectivity index (χ1) is 57.1. The van der Waals surface area contributed by atoms with Crippen LogP contribution in [-0.4, -0.2) is 357 Å². The molecule has 11 atom stereocenters. The van der Waals surface area contributed by atoms with Gasteiger partial charge in [-0.2, -0.15) is 0 Å². The van der Waals surface area contributed by atoms with Gasteiger partial charge in [0.25, 0.3) is 11.8 Å². The molecule has 1 saturated heterocycles. The van der Waals surface area contributed by atoms with Crippen LogP contribution in [0.3, 0.4) is 0 Å². The summed E-state index contributed by atoms with van der Waals surface area (Å²) in [6.45, 7) is -0.864. The average molecular weight is 1740 g/mol. The van der Waals surface area contributed by atoms with Gasteiger partial charge in [0.15, 0.2) is 40.7 Å². The molecular weight excluding hydrogens is 1630 g/mol. The number of halogens is 3. The minimum Gasteiger partial charge on any atom is -0.490 e. The third kappa shape index (κ3) is 21.4. The summed E-state index contributed by atoms with van der Waals surface area (Å²) in [6.07, 6.45) is 1.45. The Morgan fingerprint density at radius 2 is 1.08 bits per heavy atom. The van der Waals surface area contributed by atoms with E-state index in [1.807, 2.05) is 0 Å². The summed E-state index contributed by atoms with van der Waals surface area (Å²) in [5, 5.41) is 29.9. The number of Topliss-reactive ketones (excluding diaryl/α,β-unsaturated/α-hetero) is 1. The molecule has 0 radical (unpaired) electrons. The molecule has 38 nitrogen and oxygen atoms in total. The highest BCUT2D eigenvalue weighted by Crippen LogP contribution is 2.72. The van der Waals surface area contributed by atoms with E-state index in [1.54, 1.807) is 13.8 Å². The number of carbonyl (C=O) groups is 18. The van der Waals surface area contributed by atoms with E-state index in [-0.39, 0.29) is 61.4 Å². The number of nitrogens with one attached hydrogen (secondary N) is 3. The van der Waals surface area contributed by atoms with Crippen molar-refractivity contribution < 1.29 is 129 Å². The fourth-order valence-electron chi connectivity index (χ4n) is 15.9. The monoisotopic (exact) mass is 1730 g/mol. The van der Waals surface area contributed by atoms with Gasteiger partial charge < -0.3 is 94.1 Å². The van der Waals surface area contributed by atoms with Gasteiger partial charge in [-0.15, -0.1) is 11.3 Å².